The van der Waals surface area contributed by atoms with Gasteiger partial charge in [-0.1, -0.05) is 48.5 Å². The van der Waals surface area contributed by atoms with Gasteiger partial charge in [0.2, 0.25) is 0 Å². The number of nitrogens with two attached hydrogens (primary N) is 2. The van der Waals surface area contributed by atoms with Crippen molar-refractivity contribution in [3.8, 4) is 0 Å². The van der Waals surface area contributed by atoms with Crippen molar-refractivity contribution in [2.24, 2.45) is 11.5 Å². The van der Waals surface area contributed by atoms with Crippen LogP contribution in [0.15, 0.2) is 54.6 Å². The number of rotatable bonds is 10. The van der Waals surface area contributed by atoms with E-state index >= 15 is 0 Å². The molecule has 0 aliphatic rings. The summed E-state index contributed by atoms with van der Waals surface area (Å²) in [4.78, 5) is 0. The minimum absolute atomic E-state index is 0. The SMILES string of the molecule is Cl.Cl.Cl.Cl.NCCC(CN)NCCCNCc1c2ccccc2cc2ccccc12. The van der Waals surface area contributed by atoms with Gasteiger partial charge in [-0.05, 0) is 65.7 Å². The van der Waals surface area contributed by atoms with Crippen molar-refractivity contribution in [2.45, 2.75) is 25.4 Å². The van der Waals surface area contributed by atoms with E-state index in [0.717, 1.165) is 32.5 Å². The summed E-state index contributed by atoms with van der Waals surface area (Å²) in [5.41, 5.74) is 12.7. The van der Waals surface area contributed by atoms with Crippen molar-refractivity contribution >= 4 is 71.2 Å². The number of benzene rings is 3. The summed E-state index contributed by atoms with van der Waals surface area (Å²) in [5.74, 6) is 0. The molecule has 0 aromatic heterocycles. The van der Waals surface area contributed by atoms with Crippen molar-refractivity contribution in [3.63, 3.8) is 0 Å². The van der Waals surface area contributed by atoms with E-state index < -0.39 is 0 Å². The second kappa shape index (κ2) is 16.8. The summed E-state index contributed by atoms with van der Waals surface area (Å²) >= 11 is 0. The monoisotopic (exact) mass is 494 g/mol. The molecule has 0 bridgehead atoms. The molecule has 3 aromatic carbocycles. The highest BCUT2D eigenvalue weighted by Gasteiger charge is 2.07. The molecule has 0 amide bonds. The molecule has 30 heavy (non-hydrogen) atoms. The van der Waals surface area contributed by atoms with Crippen LogP contribution in [0.1, 0.15) is 18.4 Å². The molecule has 3 rings (SSSR count). The Labute approximate surface area is 204 Å². The zero-order valence-electron chi connectivity index (χ0n) is 17.0. The summed E-state index contributed by atoms with van der Waals surface area (Å²) in [6, 6.07) is 19.9. The Morgan fingerprint density at radius 3 is 1.87 bits per heavy atom. The van der Waals surface area contributed by atoms with Crippen LogP contribution in [-0.2, 0) is 6.54 Å². The Balaban J connectivity index is 0. The smallest absolute Gasteiger partial charge is 0.0217 e. The summed E-state index contributed by atoms with van der Waals surface area (Å²) in [7, 11) is 0. The molecule has 0 spiro atoms. The second-order valence-corrected chi connectivity index (χ2v) is 6.79. The molecule has 1 unspecified atom stereocenters. The van der Waals surface area contributed by atoms with Crippen LogP contribution in [-0.4, -0.2) is 32.2 Å². The molecule has 170 valence electrons. The summed E-state index contributed by atoms with van der Waals surface area (Å²) < 4.78 is 0. The van der Waals surface area contributed by atoms with Gasteiger partial charge in [-0.2, -0.15) is 0 Å². The fourth-order valence-electron chi connectivity index (χ4n) is 3.54. The maximum Gasteiger partial charge on any atom is 0.0217 e. The van der Waals surface area contributed by atoms with Crippen LogP contribution in [0.5, 0.6) is 0 Å². The fourth-order valence-corrected chi connectivity index (χ4v) is 3.54. The minimum atomic E-state index is 0. The number of hydrogen-bond acceptors (Lipinski definition) is 4. The third-order valence-corrected chi connectivity index (χ3v) is 4.95. The van der Waals surface area contributed by atoms with E-state index in [1.165, 1.54) is 27.1 Å². The molecule has 6 N–H and O–H groups in total. The maximum atomic E-state index is 5.75. The molecule has 1 atom stereocenters. The van der Waals surface area contributed by atoms with Gasteiger partial charge in [0.25, 0.3) is 0 Å². The summed E-state index contributed by atoms with van der Waals surface area (Å²) in [6.45, 7) is 4.15. The van der Waals surface area contributed by atoms with Crippen molar-refractivity contribution < 1.29 is 0 Å². The lowest BCUT2D eigenvalue weighted by Gasteiger charge is -2.16. The van der Waals surface area contributed by atoms with E-state index in [2.05, 4.69) is 65.2 Å². The minimum Gasteiger partial charge on any atom is -0.330 e. The predicted molar refractivity (Wildman–Crippen MR) is 141 cm³/mol. The lowest BCUT2D eigenvalue weighted by Crippen LogP contribution is -2.38. The summed E-state index contributed by atoms with van der Waals surface area (Å²) in [6.07, 6.45) is 2.01. The molecule has 3 aromatic rings. The molecule has 0 radical (unpaired) electrons. The Morgan fingerprint density at radius 2 is 1.33 bits per heavy atom. The topological polar surface area (TPSA) is 76.1 Å². The predicted octanol–water partition coefficient (Wildman–Crippen LogP) is 4.43. The summed E-state index contributed by atoms with van der Waals surface area (Å²) in [5, 5.41) is 12.4. The van der Waals surface area contributed by atoms with Crippen molar-refractivity contribution in [2.75, 3.05) is 26.2 Å². The Morgan fingerprint density at radius 1 is 0.767 bits per heavy atom. The number of nitrogens with one attached hydrogen (secondary N) is 2. The van der Waals surface area contributed by atoms with Crippen LogP contribution in [0.3, 0.4) is 0 Å². The van der Waals surface area contributed by atoms with E-state index in [0.29, 0.717) is 19.1 Å². The fraction of sp³-hybridized carbons (Fsp3) is 0.364. The molecule has 8 heteroatoms. The number of halogens is 4. The van der Waals surface area contributed by atoms with Crippen molar-refractivity contribution in [1.82, 2.24) is 10.6 Å². The molecule has 0 aliphatic heterocycles. The van der Waals surface area contributed by atoms with Crippen LogP contribution in [0.25, 0.3) is 21.5 Å². The highest BCUT2D eigenvalue weighted by Crippen LogP contribution is 2.28. The normalized spacial score (nSPS) is 11.0. The zero-order valence-corrected chi connectivity index (χ0v) is 20.3. The van der Waals surface area contributed by atoms with Crippen molar-refractivity contribution in [3.05, 3.63) is 60.2 Å². The van der Waals surface area contributed by atoms with Crippen LogP contribution in [0, 0.1) is 0 Å². The van der Waals surface area contributed by atoms with Gasteiger partial charge in [-0.3, -0.25) is 0 Å². The zero-order chi connectivity index (χ0) is 18.2. The quantitative estimate of drug-likeness (QED) is 0.248. The first kappa shape index (κ1) is 31.4. The Bertz CT molecular complexity index is 794. The lowest BCUT2D eigenvalue weighted by atomic mass is 9.97. The first-order valence-corrected chi connectivity index (χ1v) is 9.57. The Kier molecular flexibility index (Phi) is 17.6. The van der Waals surface area contributed by atoms with E-state index in [1.54, 1.807) is 0 Å². The van der Waals surface area contributed by atoms with Crippen LogP contribution >= 0.6 is 49.6 Å². The van der Waals surface area contributed by atoms with E-state index in [4.69, 9.17) is 11.5 Å². The second-order valence-electron chi connectivity index (χ2n) is 6.79. The van der Waals surface area contributed by atoms with E-state index in [9.17, 15) is 0 Å². The van der Waals surface area contributed by atoms with Gasteiger partial charge in [0, 0.05) is 19.1 Å². The molecule has 0 aliphatic carbocycles. The average Bonchev–Trinajstić information content (AvgIpc) is 2.68. The van der Waals surface area contributed by atoms with Crippen LogP contribution in [0.2, 0.25) is 0 Å². The third-order valence-electron chi connectivity index (χ3n) is 4.95. The molecule has 4 nitrogen and oxygen atoms in total. The largest absolute Gasteiger partial charge is 0.330 e. The first-order valence-electron chi connectivity index (χ1n) is 9.57. The van der Waals surface area contributed by atoms with Crippen molar-refractivity contribution in [1.29, 1.82) is 0 Å². The highest BCUT2D eigenvalue weighted by atomic mass is 35.5. The molecule has 0 saturated heterocycles. The Hall–Kier alpha value is -0.820. The standard InChI is InChI=1S/C22H30N4.4ClH/c23-11-10-19(15-24)26-13-5-12-25-16-22-20-8-3-1-6-17(20)14-18-7-2-4-9-21(18)22;;;;/h1-4,6-9,14,19,25-26H,5,10-13,15-16,23-24H2;4*1H. The highest BCUT2D eigenvalue weighted by molar-refractivity contribution is 6.02. The van der Waals surface area contributed by atoms with Gasteiger partial charge in [-0.15, -0.1) is 49.6 Å². The van der Waals surface area contributed by atoms with Gasteiger partial charge < -0.3 is 22.1 Å². The molecular formula is C22H34Cl4N4. The molecule has 0 saturated carbocycles. The lowest BCUT2D eigenvalue weighted by molar-refractivity contribution is 0.480. The molecule has 0 fully saturated rings. The first-order chi connectivity index (χ1) is 12.8. The van der Waals surface area contributed by atoms with Gasteiger partial charge in [-0.25, -0.2) is 0 Å². The van der Waals surface area contributed by atoms with Crippen LogP contribution < -0.4 is 22.1 Å². The average molecular weight is 496 g/mol. The van der Waals surface area contributed by atoms with E-state index in [-0.39, 0.29) is 49.6 Å². The van der Waals surface area contributed by atoms with Gasteiger partial charge in [0.05, 0.1) is 0 Å². The molecular weight excluding hydrogens is 462 g/mol. The maximum absolute atomic E-state index is 5.75. The van der Waals surface area contributed by atoms with Gasteiger partial charge in [0.15, 0.2) is 0 Å². The number of fused-ring (bicyclic) bond motifs is 2. The van der Waals surface area contributed by atoms with Gasteiger partial charge in [0.1, 0.15) is 0 Å². The third kappa shape index (κ3) is 8.37. The van der Waals surface area contributed by atoms with Gasteiger partial charge >= 0.3 is 0 Å². The molecule has 0 heterocycles. The van der Waals surface area contributed by atoms with E-state index in [1.807, 2.05) is 0 Å². The van der Waals surface area contributed by atoms with Crippen LogP contribution in [0.4, 0.5) is 0 Å². The number of hydrogen-bond donors (Lipinski definition) is 4.